The fraction of sp³-hybridized carbons (Fsp3) is 0.583. The Labute approximate surface area is 96.7 Å². The van der Waals surface area contributed by atoms with Crippen molar-refractivity contribution in [1.29, 1.82) is 0 Å². The third-order valence-corrected chi connectivity index (χ3v) is 2.23. The van der Waals surface area contributed by atoms with Gasteiger partial charge in [0.1, 0.15) is 0 Å². The van der Waals surface area contributed by atoms with E-state index in [2.05, 4.69) is 10.3 Å². The van der Waals surface area contributed by atoms with Gasteiger partial charge in [-0.05, 0) is 37.6 Å². The summed E-state index contributed by atoms with van der Waals surface area (Å²) in [5.41, 5.74) is 1.25. The minimum absolute atomic E-state index is 0.402. The zero-order valence-corrected chi connectivity index (χ0v) is 9.72. The molecule has 0 aliphatic heterocycles. The van der Waals surface area contributed by atoms with Crippen LogP contribution < -0.4 is 5.32 Å². The first kappa shape index (κ1) is 13.1. The van der Waals surface area contributed by atoms with Gasteiger partial charge < -0.3 is 15.2 Å². The maximum Gasteiger partial charge on any atom is 0.0897 e. The predicted molar refractivity (Wildman–Crippen MR) is 63.3 cm³/mol. The summed E-state index contributed by atoms with van der Waals surface area (Å²) >= 11 is 0. The van der Waals surface area contributed by atoms with Crippen molar-refractivity contribution in [2.45, 2.75) is 19.4 Å². The van der Waals surface area contributed by atoms with E-state index in [1.165, 1.54) is 5.56 Å². The third-order valence-electron chi connectivity index (χ3n) is 2.23. The number of hydrogen-bond acceptors (Lipinski definition) is 4. The van der Waals surface area contributed by atoms with Crippen LogP contribution in [0.5, 0.6) is 0 Å². The molecule has 4 heteroatoms. The molecule has 0 spiro atoms. The molecule has 0 radical (unpaired) electrons. The number of rotatable bonds is 8. The molecule has 1 heterocycles. The largest absolute Gasteiger partial charge is 0.389 e. The van der Waals surface area contributed by atoms with Gasteiger partial charge in [0.15, 0.2) is 0 Å². The normalized spacial score (nSPS) is 12.6. The molecule has 1 aromatic rings. The molecule has 0 aliphatic rings. The van der Waals surface area contributed by atoms with Crippen molar-refractivity contribution in [2.24, 2.45) is 0 Å². The molecule has 1 unspecified atom stereocenters. The smallest absolute Gasteiger partial charge is 0.0897 e. The first-order valence-electron chi connectivity index (χ1n) is 5.68. The second-order valence-electron chi connectivity index (χ2n) is 3.62. The number of aliphatic hydroxyl groups is 1. The number of aromatic nitrogens is 1. The van der Waals surface area contributed by atoms with E-state index in [4.69, 9.17) is 4.74 Å². The van der Waals surface area contributed by atoms with E-state index in [1.54, 1.807) is 12.4 Å². The van der Waals surface area contributed by atoms with Crippen LogP contribution in [0.3, 0.4) is 0 Å². The Hall–Kier alpha value is -0.970. The molecule has 0 aliphatic carbocycles. The zero-order chi connectivity index (χ0) is 11.6. The molecule has 90 valence electrons. The number of aliphatic hydroxyl groups excluding tert-OH is 1. The van der Waals surface area contributed by atoms with Crippen LogP contribution in [-0.4, -0.2) is 42.5 Å². The first-order valence-corrected chi connectivity index (χ1v) is 5.68. The maximum absolute atomic E-state index is 9.48. The Morgan fingerprint density at radius 2 is 2.19 bits per heavy atom. The van der Waals surface area contributed by atoms with Crippen LogP contribution in [0.1, 0.15) is 12.5 Å². The average Bonchev–Trinajstić information content (AvgIpc) is 2.33. The predicted octanol–water partition coefficient (Wildman–Crippen LogP) is 0.611. The van der Waals surface area contributed by atoms with Gasteiger partial charge in [0.05, 0.1) is 12.7 Å². The molecule has 0 saturated carbocycles. The average molecular weight is 224 g/mol. The van der Waals surface area contributed by atoms with E-state index in [0.717, 1.165) is 13.0 Å². The fourth-order valence-electron chi connectivity index (χ4n) is 1.36. The van der Waals surface area contributed by atoms with Crippen molar-refractivity contribution < 1.29 is 9.84 Å². The fourth-order valence-corrected chi connectivity index (χ4v) is 1.36. The lowest BCUT2D eigenvalue weighted by Gasteiger charge is -2.11. The van der Waals surface area contributed by atoms with Crippen molar-refractivity contribution >= 4 is 0 Å². The summed E-state index contributed by atoms with van der Waals surface area (Å²) < 4.78 is 5.11. The highest BCUT2D eigenvalue weighted by Gasteiger charge is 2.02. The molecule has 0 saturated heterocycles. The van der Waals surface area contributed by atoms with Crippen LogP contribution >= 0.6 is 0 Å². The molecule has 0 bridgehead atoms. The van der Waals surface area contributed by atoms with E-state index < -0.39 is 6.10 Å². The van der Waals surface area contributed by atoms with E-state index in [1.807, 2.05) is 19.1 Å². The maximum atomic E-state index is 9.48. The van der Waals surface area contributed by atoms with Crippen molar-refractivity contribution in [3.63, 3.8) is 0 Å². The van der Waals surface area contributed by atoms with E-state index in [0.29, 0.717) is 19.8 Å². The number of pyridine rings is 1. The second kappa shape index (κ2) is 8.21. The topological polar surface area (TPSA) is 54.4 Å². The van der Waals surface area contributed by atoms with Gasteiger partial charge in [-0.3, -0.25) is 4.98 Å². The highest BCUT2D eigenvalue weighted by molar-refractivity contribution is 5.09. The molecule has 4 nitrogen and oxygen atoms in total. The molecule has 1 atom stereocenters. The van der Waals surface area contributed by atoms with Gasteiger partial charge in [-0.15, -0.1) is 0 Å². The van der Waals surface area contributed by atoms with Gasteiger partial charge in [0.2, 0.25) is 0 Å². The molecule has 16 heavy (non-hydrogen) atoms. The minimum atomic E-state index is -0.419. The van der Waals surface area contributed by atoms with Crippen LogP contribution in [0.2, 0.25) is 0 Å². The number of nitrogens with zero attached hydrogens (tertiary/aromatic N) is 1. The first-order chi connectivity index (χ1) is 7.83. The van der Waals surface area contributed by atoms with Gasteiger partial charge in [-0.25, -0.2) is 0 Å². The van der Waals surface area contributed by atoms with E-state index in [-0.39, 0.29) is 0 Å². The standard InChI is InChI=1S/C12H20N2O2/c1-2-16-10-12(15)9-14-8-5-11-3-6-13-7-4-11/h3-4,6-7,12,14-15H,2,5,8-10H2,1H3. The summed E-state index contributed by atoms with van der Waals surface area (Å²) in [7, 11) is 0. The van der Waals surface area contributed by atoms with Crippen LogP contribution in [-0.2, 0) is 11.2 Å². The summed E-state index contributed by atoms with van der Waals surface area (Å²) in [6.45, 7) is 4.40. The third kappa shape index (κ3) is 5.80. The summed E-state index contributed by atoms with van der Waals surface area (Å²) in [6, 6.07) is 4.00. The molecule has 0 fully saturated rings. The molecule has 1 aromatic heterocycles. The summed E-state index contributed by atoms with van der Waals surface area (Å²) in [5, 5.41) is 12.7. The Morgan fingerprint density at radius 1 is 1.44 bits per heavy atom. The van der Waals surface area contributed by atoms with Gasteiger partial charge in [-0.1, -0.05) is 0 Å². The van der Waals surface area contributed by atoms with Crippen molar-refractivity contribution in [3.05, 3.63) is 30.1 Å². The second-order valence-corrected chi connectivity index (χ2v) is 3.62. The Balaban J connectivity index is 2.03. The summed E-state index contributed by atoms with van der Waals surface area (Å²) in [5.74, 6) is 0. The molecule has 2 N–H and O–H groups in total. The lowest BCUT2D eigenvalue weighted by atomic mass is 10.2. The number of hydrogen-bond donors (Lipinski definition) is 2. The van der Waals surface area contributed by atoms with Crippen LogP contribution in [0.4, 0.5) is 0 Å². The lowest BCUT2D eigenvalue weighted by molar-refractivity contribution is 0.0430. The lowest BCUT2D eigenvalue weighted by Crippen LogP contribution is -2.31. The van der Waals surface area contributed by atoms with Gasteiger partial charge in [-0.2, -0.15) is 0 Å². The summed E-state index contributed by atoms with van der Waals surface area (Å²) in [4.78, 5) is 3.96. The van der Waals surface area contributed by atoms with E-state index in [9.17, 15) is 5.11 Å². The van der Waals surface area contributed by atoms with Crippen molar-refractivity contribution in [3.8, 4) is 0 Å². The zero-order valence-electron chi connectivity index (χ0n) is 9.72. The minimum Gasteiger partial charge on any atom is -0.389 e. The molecular weight excluding hydrogens is 204 g/mol. The highest BCUT2D eigenvalue weighted by atomic mass is 16.5. The highest BCUT2D eigenvalue weighted by Crippen LogP contribution is 1.95. The molecular formula is C12H20N2O2. The Kier molecular flexibility index (Phi) is 6.72. The van der Waals surface area contributed by atoms with Crippen molar-refractivity contribution in [1.82, 2.24) is 10.3 Å². The van der Waals surface area contributed by atoms with Crippen LogP contribution in [0.15, 0.2) is 24.5 Å². The molecule has 0 aromatic carbocycles. The van der Waals surface area contributed by atoms with Gasteiger partial charge >= 0.3 is 0 Å². The summed E-state index contributed by atoms with van der Waals surface area (Å²) in [6.07, 6.45) is 4.11. The monoisotopic (exact) mass is 224 g/mol. The van der Waals surface area contributed by atoms with Crippen LogP contribution in [0, 0.1) is 0 Å². The Bertz CT molecular complexity index is 267. The Morgan fingerprint density at radius 3 is 2.88 bits per heavy atom. The number of ether oxygens (including phenoxy) is 1. The van der Waals surface area contributed by atoms with Crippen molar-refractivity contribution in [2.75, 3.05) is 26.3 Å². The van der Waals surface area contributed by atoms with Crippen LogP contribution in [0.25, 0.3) is 0 Å². The van der Waals surface area contributed by atoms with E-state index >= 15 is 0 Å². The SMILES string of the molecule is CCOCC(O)CNCCc1ccncc1. The number of nitrogens with one attached hydrogen (secondary N) is 1. The molecule has 0 amide bonds. The van der Waals surface area contributed by atoms with Gasteiger partial charge in [0.25, 0.3) is 0 Å². The quantitative estimate of drug-likeness (QED) is 0.635. The molecule has 1 rings (SSSR count). The van der Waals surface area contributed by atoms with Gasteiger partial charge in [0, 0.05) is 25.5 Å².